The summed E-state index contributed by atoms with van der Waals surface area (Å²) in [6.07, 6.45) is 1.73. The summed E-state index contributed by atoms with van der Waals surface area (Å²) in [4.78, 5) is 13.7. The third-order valence-electron chi connectivity index (χ3n) is 3.21. The number of primary amides is 1. The Labute approximate surface area is 140 Å². The fourth-order valence-electron chi connectivity index (χ4n) is 2.09. The summed E-state index contributed by atoms with van der Waals surface area (Å²) in [5.74, 6) is -0.427. The number of benzene rings is 1. The number of thiocarbonyl (C=S) groups is 1. The lowest BCUT2D eigenvalue weighted by Crippen LogP contribution is -2.40. The molecule has 0 aromatic heterocycles. The summed E-state index contributed by atoms with van der Waals surface area (Å²) in [5.41, 5.74) is 6.91. The number of carbonyl (C=O) groups excluding carboxylic acids is 1. The molecule has 0 aliphatic carbocycles. The van der Waals surface area contributed by atoms with Crippen molar-refractivity contribution in [3.63, 3.8) is 0 Å². The molecular formula is C15H18ClN3O2S. The van der Waals surface area contributed by atoms with E-state index in [1.807, 2.05) is 12.1 Å². The third-order valence-corrected chi connectivity index (χ3v) is 3.94. The Hall–Kier alpha value is -1.63. The molecule has 1 amide bonds. The molecule has 3 N–H and O–H groups in total. The zero-order valence-corrected chi connectivity index (χ0v) is 13.6. The summed E-state index contributed by atoms with van der Waals surface area (Å²) in [7, 11) is 0. The van der Waals surface area contributed by atoms with E-state index in [1.165, 1.54) is 0 Å². The monoisotopic (exact) mass is 339 g/mol. The van der Waals surface area contributed by atoms with Crippen molar-refractivity contribution in [3.8, 4) is 0 Å². The number of carbonyl (C=O) groups is 1. The molecule has 1 aliphatic rings. The summed E-state index contributed by atoms with van der Waals surface area (Å²) in [5, 5.41) is 3.56. The molecule has 0 radical (unpaired) electrons. The molecule has 118 valence electrons. The van der Waals surface area contributed by atoms with E-state index in [0.717, 1.165) is 24.2 Å². The van der Waals surface area contributed by atoms with Crippen molar-refractivity contribution < 1.29 is 9.53 Å². The second-order valence-electron chi connectivity index (χ2n) is 4.82. The highest BCUT2D eigenvalue weighted by Gasteiger charge is 2.18. The van der Waals surface area contributed by atoms with Crippen LogP contribution in [0.4, 0.5) is 0 Å². The van der Waals surface area contributed by atoms with Gasteiger partial charge in [0.1, 0.15) is 4.99 Å². The molecule has 1 fully saturated rings. The number of hydrogen-bond acceptors (Lipinski definition) is 4. The Morgan fingerprint density at radius 3 is 2.59 bits per heavy atom. The Morgan fingerprint density at radius 1 is 1.36 bits per heavy atom. The smallest absolute Gasteiger partial charge is 0.236 e. The van der Waals surface area contributed by atoms with Gasteiger partial charge in [0, 0.05) is 29.9 Å². The van der Waals surface area contributed by atoms with Crippen LogP contribution in [0, 0.1) is 0 Å². The first-order valence-electron chi connectivity index (χ1n) is 6.93. The number of morpholine rings is 1. The number of nitrogens with zero attached hydrogens (tertiary/aromatic N) is 1. The molecule has 0 spiro atoms. The van der Waals surface area contributed by atoms with E-state index < -0.39 is 5.91 Å². The van der Waals surface area contributed by atoms with E-state index in [0.29, 0.717) is 23.2 Å². The van der Waals surface area contributed by atoms with Gasteiger partial charge in [-0.2, -0.15) is 0 Å². The maximum absolute atomic E-state index is 10.9. The van der Waals surface area contributed by atoms with Gasteiger partial charge < -0.3 is 20.7 Å². The van der Waals surface area contributed by atoms with Crippen LogP contribution in [0.15, 0.2) is 30.5 Å². The number of hydrogen-bond donors (Lipinski definition) is 2. The van der Waals surface area contributed by atoms with Crippen molar-refractivity contribution in [1.82, 2.24) is 10.2 Å². The van der Waals surface area contributed by atoms with Crippen molar-refractivity contribution in [2.75, 3.05) is 32.8 Å². The Morgan fingerprint density at radius 2 is 2.00 bits per heavy atom. The van der Waals surface area contributed by atoms with E-state index in [2.05, 4.69) is 10.2 Å². The van der Waals surface area contributed by atoms with Crippen LogP contribution < -0.4 is 11.1 Å². The van der Waals surface area contributed by atoms with Crippen molar-refractivity contribution in [2.24, 2.45) is 5.73 Å². The van der Waals surface area contributed by atoms with E-state index >= 15 is 0 Å². The number of ether oxygens (including phenoxy) is 1. The van der Waals surface area contributed by atoms with Gasteiger partial charge in [0.2, 0.25) is 5.91 Å². The quantitative estimate of drug-likeness (QED) is 0.627. The predicted octanol–water partition coefficient (Wildman–Crippen LogP) is 1.42. The highest BCUT2D eigenvalue weighted by molar-refractivity contribution is 7.81. The zero-order valence-electron chi connectivity index (χ0n) is 12.0. The van der Waals surface area contributed by atoms with Gasteiger partial charge in [-0.3, -0.25) is 4.79 Å². The average molecular weight is 340 g/mol. The minimum absolute atomic E-state index is 0.0583. The first-order chi connectivity index (χ1) is 10.6. The number of halogens is 1. The molecule has 7 heteroatoms. The molecule has 1 aromatic rings. The molecule has 1 aromatic carbocycles. The van der Waals surface area contributed by atoms with Gasteiger partial charge in [-0.05, 0) is 17.7 Å². The van der Waals surface area contributed by atoms with Crippen LogP contribution in [-0.2, 0) is 9.53 Å². The fraction of sp³-hybridized carbons (Fsp3) is 0.333. The van der Waals surface area contributed by atoms with Crippen molar-refractivity contribution >= 4 is 40.3 Å². The summed E-state index contributed by atoms with van der Waals surface area (Å²) >= 11 is 11.5. The van der Waals surface area contributed by atoms with Crippen molar-refractivity contribution in [3.05, 3.63) is 41.1 Å². The average Bonchev–Trinajstić information content (AvgIpc) is 2.53. The first-order valence-corrected chi connectivity index (χ1v) is 7.71. The number of rotatable bonds is 5. The maximum atomic E-state index is 10.9. The molecular weight excluding hydrogens is 322 g/mol. The van der Waals surface area contributed by atoms with Crippen LogP contribution in [0.1, 0.15) is 5.56 Å². The van der Waals surface area contributed by atoms with Crippen molar-refractivity contribution in [1.29, 1.82) is 0 Å². The second kappa shape index (κ2) is 8.12. The van der Waals surface area contributed by atoms with Crippen LogP contribution in [0.3, 0.4) is 0 Å². The molecule has 1 heterocycles. The van der Waals surface area contributed by atoms with Crippen LogP contribution in [0.2, 0.25) is 5.02 Å². The van der Waals surface area contributed by atoms with Gasteiger partial charge in [0.15, 0.2) is 0 Å². The standard InChI is InChI=1S/C15H18ClN3O2S/c16-12-3-1-11(2-4-12)13(9-18-10-14(17)20)15(22)19-5-7-21-8-6-19/h1-4,9,18H,5-8,10H2,(H2,17,20)/b13-9+. The summed E-state index contributed by atoms with van der Waals surface area (Å²) < 4.78 is 5.35. The molecule has 5 nitrogen and oxygen atoms in total. The molecule has 1 aliphatic heterocycles. The van der Waals surface area contributed by atoms with Crippen LogP contribution in [0.25, 0.3) is 5.57 Å². The summed E-state index contributed by atoms with van der Waals surface area (Å²) in [6, 6.07) is 7.40. The molecule has 0 saturated carbocycles. The fourth-order valence-corrected chi connectivity index (χ4v) is 2.57. The van der Waals surface area contributed by atoms with Crippen LogP contribution in [0.5, 0.6) is 0 Å². The topological polar surface area (TPSA) is 67.6 Å². The predicted molar refractivity (Wildman–Crippen MR) is 91.6 cm³/mol. The van der Waals surface area contributed by atoms with Gasteiger partial charge in [-0.1, -0.05) is 36.0 Å². The van der Waals surface area contributed by atoms with Gasteiger partial charge in [0.25, 0.3) is 0 Å². The molecule has 22 heavy (non-hydrogen) atoms. The van der Waals surface area contributed by atoms with Gasteiger partial charge >= 0.3 is 0 Å². The third kappa shape index (κ3) is 4.69. The minimum atomic E-state index is -0.427. The van der Waals surface area contributed by atoms with Gasteiger partial charge in [-0.15, -0.1) is 0 Å². The van der Waals surface area contributed by atoms with E-state index in [9.17, 15) is 4.79 Å². The lowest BCUT2D eigenvalue weighted by molar-refractivity contribution is -0.117. The summed E-state index contributed by atoms with van der Waals surface area (Å²) in [6.45, 7) is 2.87. The highest BCUT2D eigenvalue weighted by atomic mass is 35.5. The van der Waals surface area contributed by atoms with E-state index in [1.54, 1.807) is 18.3 Å². The van der Waals surface area contributed by atoms with Gasteiger partial charge in [0.05, 0.1) is 19.8 Å². The zero-order chi connectivity index (χ0) is 15.9. The normalized spacial score (nSPS) is 15.5. The number of amides is 1. The minimum Gasteiger partial charge on any atom is -0.382 e. The Balaban J connectivity index is 2.21. The lowest BCUT2D eigenvalue weighted by Gasteiger charge is -2.30. The first kappa shape index (κ1) is 16.7. The highest BCUT2D eigenvalue weighted by Crippen LogP contribution is 2.21. The SMILES string of the molecule is NC(=O)CN/C=C(/C(=S)N1CCOCC1)c1ccc(Cl)cc1. The second-order valence-corrected chi connectivity index (χ2v) is 5.64. The van der Waals surface area contributed by atoms with Crippen LogP contribution >= 0.6 is 23.8 Å². The lowest BCUT2D eigenvalue weighted by atomic mass is 10.1. The molecule has 2 rings (SSSR count). The van der Waals surface area contributed by atoms with Crippen molar-refractivity contribution in [2.45, 2.75) is 0 Å². The Bertz CT molecular complexity index is 569. The Kier molecular flexibility index (Phi) is 6.18. The molecule has 0 bridgehead atoms. The maximum Gasteiger partial charge on any atom is 0.236 e. The molecule has 0 unspecified atom stereocenters. The molecule has 1 saturated heterocycles. The number of nitrogens with one attached hydrogen (secondary N) is 1. The van der Waals surface area contributed by atoms with Gasteiger partial charge in [-0.25, -0.2) is 0 Å². The molecule has 0 atom stereocenters. The van der Waals surface area contributed by atoms with E-state index in [-0.39, 0.29) is 6.54 Å². The number of nitrogens with two attached hydrogens (primary N) is 1. The van der Waals surface area contributed by atoms with Crippen LogP contribution in [-0.4, -0.2) is 48.6 Å². The van der Waals surface area contributed by atoms with E-state index in [4.69, 9.17) is 34.3 Å². The largest absolute Gasteiger partial charge is 0.382 e.